The molecule has 2 amide bonds. The van der Waals surface area contributed by atoms with Gasteiger partial charge in [-0.2, -0.15) is 23.3 Å². The number of amides is 2. The highest BCUT2D eigenvalue weighted by atomic mass is 19.4. The highest BCUT2D eigenvalue weighted by molar-refractivity contribution is 6.00. The third-order valence-electron chi connectivity index (χ3n) is 5.17. The summed E-state index contributed by atoms with van der Waals surface area (Å²) in [6, 6.07) is 4.43. The molecule has 0 atom stereocenters. The Hall–Kier alpha value is -4.79. The summed E-state index contributed by atoms with van der Waals surface area (Å²) >= 11 is 0. The Bertz CT molecular complexity index is 1510. The number of benzene rings is 2. The zero-order valence-electron chi connectivity index (χ0n) is 20.9. The predicted molar refractivity (Wildman–Crippen MR) is 132 cm³/mol. The fourth-order valence-corrected chi connectivity index (χ4v) is 3.37. The van der Waals surface area contributed by atoms with Crippen LogP contribution in [0.5, 0.6) is 17.4 Å². The fourth-order valence-electron chi connectivity index (χ4n) is 3.37. The average molecular weight is 564 g/mol. The molecule has 2 aromatic heterocycles. The van der Waals surface area contributed by atoms with Crippen LogP contribution in [0, 0.1) is 11.6 Å². The molecule has 2 heterocycles. The van der Waals surface area contributed by atoms with Crippen molar-refractivity contribution < 1.29 is 41.0 Å². The van der Waals surface area contributed by atoms with Gasteiger partial charge in [0.15, 0.2) is 17.4 Å². The van der Waals surface area contributed by atoms with Crippen molar-refractivity contribution in [3.05, 3.63) is 72.2 Å². The number of nitrogens with zero attached hydrogens (tertiary/aromatic N) is 4. The molecule has 0 saturated heterocycles. The van der Waals surface area contributed by atoms with Crippen molar-refractivity contribution in [2.45, 2.75) is 6.18 Å². The third-order valence-corrected chi connectivity index (χ3v) is 5.17. The lowest BCUT2D eigenvalue weighted by atomic mass is 10.1. The average Bonchev–Trinajstić information content (AvgIpc) is 3.33. The van der Waals surface area contributed by atoms with Gasteiger partial charge in [0.2, 0.25) is 5.88 Å². The molecule has 15 heteroatoms. The first-order valence-corrected chi connectivity index (χ1v) is 11.4. The Balaban J connectivity index is 1.49. The SMILES string of the molecule is COCCOc1ccc(NC(=O)Nc2cc(Oc3ccnc(-c4cnn(C)c4)n3)c(F)cc2F)cc1C(F)(F)F. The largest absolute Gasteiger partial charge is 0.491 e. The molecule has 0 unspecified atom stereocenters. The molecule has 0 saturated carbocycles. The van der Waals surface area contributed by atoms with Gasteiger partial charge in [-0.05, 0) is 18.2 Å². The van der Waals surface area contributed by atoms with Gasteiger partial charge in [0.05, 0.1) is 29.6 Å². The molecule has 2 aromatic carbocycles. The zero-order valence-corrected chi connectivity index (χ0v) is 20.9. The maximum Gasteiger partial charge on any atom is 0.420 e. The molecule has 0 aliphatic heterocycles. The van der Waals surface area contributed by atoms with Gasteiger partial charge >= 0.3 is 12.2 Å². The van der Waals surface area contributed by atoms with E-state index in [0.717, 1.165) is 12.1 Å². The minimum absolute atomic E-state index is 0.0670. The summed E-state index contributed by atoms with van der Waals surface area (Å²) < 4.78 is 86.2. The number of methoxy groups -OCH3 is 1. The van der Waals surface area contributed by atoms with Crippen molar-refractivity contribution in [2.75, 3.05) is 31.0 Å². The van der Waals surface area contributed by atoms with Gasteiger partial charge in [-0.15, -0.1) is 0 Å². The number of aromatic nitrogens is 4. The van der Waals surface area contributed by atoms with Crippen LogP contribution in [-0.4, -0.2) is 46.1 Å². The van der Waals surface area contributed by atoms with E-state index in [1.54, 1.807) is 13.2 Å². The van der Waals surface area contributed by atoms with Crippen LogP contribution >= 0.6 is 0 Å². The third kappa shape index (κ3) is 6.99. The van der Waals surface area contributed by atoms with Crippen molar-refractivity contribution in [1.29, 1.82) is 0 Å². The van der Waals surface area contributed by atoms with Crippen molar-refractivity contribution in [3.8, 4) is 28.8 Å². The van der Waals surface area contributed by atoms with Crippen LogP contribution in [0.4, 0.5) is 38.1 Å². The minimum Gasteiger partial charge on any atom is -0.491 e. The number of ether oxygens (including phenoxy) is 3. The van der Waals surface area contributed by atoms with Crippen LogP contribution in [0.15, 0.2) is 55.0 Å². The summed E-state index contributed by atoms with van der Waals surface area (Å²) in [5.41, 5.74) is -1.34. The maximum absolute atomic E-state index is 14.5. The first-order chi connectivity index (χ1) is 19.0. The molecule has 10 nitrogen and oxygen atoms in total. The van der Waals surface area contributed by atoms with Crippen LogP contribution in [0.3, 0.4) is 0 Å². The number of carbonyl (C=O) groups is 1. The van der Waals surface area contributed by atoms with Gasteiger partial charge in [0, 0.05) is 50.4 Å². The minimum atomic E-state index is -4.79. The summed E-state index contributed by atoms with van der Waals surface area (Å²) in [6.07, 6.45) is -0.263. The number of aryl methyl sites for hydroxylation is 1. The van der Waals surface area contributed by atoms with E-state index in [1.807, 2.05) is 0 Å². The van der Waals surface area contributed by atoms with E-state index in [9.17, 15) is 26.7 Å². The number of rotatable bonds is 9. The molecular weight excluding hydrogens is 543 g/mol. The highest BCUT2D eigenvalue weighted by Gasteiger charge is 2.35. The quantitative estimate of drug-likeness (QED) is 0.200. The predicted octanol–water partition coefficient (Wildman–Crippen LogP) is 5.64. The van der Waals surface area contributed by atoms with Gasteiger partial charge in [-0.25, -0.2) is 18.6 Å². The van der Waals surface area contributed by atoms with Crippen LogP contribution in [-0.2, 0) is 18.0 Å². The Morgan fingerprint density at radius 3 is 2.52 bits per heavy atom. The first kappa shape index (κ1) is 28.2. The lowest BCUT2D eigenvalue weighted by Crippen LogP contribution is -2.21. The van der Waals surface area contributed by atoms with Gasteiger partial charge in [-0.1, -0.05) is 0 Å². The second-order valence-corrected chi connectivity index (χ2v) is 8.11. The van der Waals surface area contributed by atoms with Gasteiger partial charge in [-0.3, -0.25) is 4.68 Å². The number of carbonyl (C=O) groups excluding carboxylic acids is 1. The molecule has 2 N–H and O–H groups in total. The molecule has 40 heavy (non-hydrogen) atoms. The summed E-state index contributed by atoms with van der Waals surface area (Å²) in [5.74, 6) is -3.04. The Labute approximate surface area is 223 Å². The Morgan fingerprint density at radius 1 is 1.02 bits per heavy atom. The Kier molecular flexibility index (Phi) is 8.43. The molecular formula is C25H21F5N6O4. The molecule has 0 aliphatic rings. The van der Waals surface area contributed by atoms with Gasteiger partial charge in [0.25, 0.3) is 0 Å². The normalized spacial score (nSPS) is 11.3. The van der Waals surface area contributed by atoms with E-state index in [4.69, 9.17) is 14.2 Å². The lowest BCUT2D eigenvalue weighted by molar-refractivity contribution is -0.139. The number of alkyl halides is 3. The summed E-state index contributed by atoms with van der Waals surface area (Å²) in [6.45, 7) is -0.0571. The number of hydrogen-bond donors (Lipinski definition) is 2. The van der Waals surface area contributed by atoms with Gasteiger partial charge in [0.1, 0.15) is 18.2 Å². The molecule has 0 fully saturated rings. The van der Waals surface area contributed by atoms with E-state index < -0.39 is 46.6 Å². The van der Waals surface area contributed by atoms with Crippen molar-refractivity contribution in [2.24, 2.45) is 7.05 Å². The zero-order chi connectivity index (χ0) is 28.9. The van der Waals surface area contributed by atoms with Crippen LogP contribution in [0.1, 0.15) is 5.56 Å². The van der Waals surface area contributed by atoms with E-state index in [0.29, 0.717) is 17.7 Å². The maximum atomic E-state index is 14.5. The molecule has 4 aromatic rings. The fraction of sp³-hybridized carbons (Fsp3) is 0.200. The smallest absolute Gasteiger partial charge is 0.420 e. The number of urea groups is 1. The monoisotopic (exact) mass is 564 g/mol. The molecule has 210 valence electrons. The van der Waals surface area contributed by atoms with Gasteiger partial charge < -0.3 is 24.8 Å². The second-order valence-electron chi connectivity index (χ2n) is 8.11. The van der Waals surface area contributed by atoms with E-state index in [2.05, 4.69) is 25.7 Å². The number of nitrogens with one attached hydrogen (secondary N) is 2. The first-order valence-electron chi connectivity index (χ1n) is 11.4. The highest BCUT2D eigenvalue weighted by Crippen LogP contribution is 2.38. The topological polar surface area (TPSA) is 112 Å². The lowest BCUT2D eigenvalue weighted by Gasteiger charge is -2.16. The molecule has 4 rings (SSSR count). The second kappa shape index (κ2) is 11.9. The molecule has 0 bridgehead atoms. The molecule has 0 radical (unpaired) electrons. The van der Waals surface area contributed by atoms with Crippen LogP contribution in [0.2, 0.25) is 0 Å². The van der Waals surface area contributed by atoms with Crippen LogP contribution < -0.4 is 20.1 Å². The molecule has 0 aliphatic carbocycles. The van der Waals surface area contributed by atoms with E-state index >= 15 is 0 Å². The number of hydrogen-bond acceptors (Lipinski definition) is 7. The summed E-state index contributed by atoms with van der Waals surface area (Å²) in [5, 5.41) is 8.32. The summed E-state index contributed by atoms with van der Waals surface area (Å²) in [4.78, 5) is 20.7. The Morgan fingerprint density at radius 2 is 1.82 bits per heavy atom. The van der Waals surface area contributed by atoms with Crippen molar-refractivity contribution in [3.63, 3.8) is 0 Å². The van der Waals surface area contributed by atoms with Crippen molar-refractivity contribution >= 4 is 17.4 Å². The summed E-state index contributed by atoms with van der Waals surface area (Å²) in [7, 11) is 3.07. The molecule has 0 spiro atoms. The number of anilines is 2. The van der Waals surface area contributed by atoms with E-state index in [-0.39, 0.29) is 30.6 Å². The standard InChI is InChI=1S/C25H21F5N6O4/c1-36-13-14(12-32-36)23-31-6-5-22(35-23)40-21-11-19(17(26)10-18(21)27)34-24(37)33-15-3-4-20(39-8-7-38-2)16(9-15)25(28,29)30/h3-6,9-13H,7-8H2,1-2H3,(H2,33,34,37). The number of halogens is 5. The van der Waals surface area contributed by atoms with E-state index in [1.165, 1.54) is 36.3 Å². The van der Waals surface area contributed by atoms with Crippen molar-refractivity contribution in [1.82, 2.24) is 19.7 Å². The van der Waals surface area contributed by atoms with Crippen LogP contribution in [0.25, 0.3) is 11.4 Å².